The number of amides is 1. The summed E-state index contributed by atoms with van der Waals surface area (Å²) in [5.41, 5.74) is 5.80. The van der Waals surface area contributed by atoms with E-state index in [9.17, 15) is 4.79 Å². The minimum Gasteiger partial charge on any atom is -0.395 e. The van der Waals surface area contributed by atoms with Crippen LogP contribution in [0.25, 0.3) is 0 Å². The van der Waals surface area contributed by atoms with Gasteiger partial charge in [0, 0.05) is 25.0 Å². The van der Waals surface area contributed by atoms with Gasteiger partial charge in [-0.05, 0) is 32.6 Å². The number of carbonyl (C=O) groups excluding carboxylic acids is 1. The van der Waals surface area contributed by atoms with Crippen molar-refractivity contribution in [3.63, 3.8) is 0 Å². The maximum atomic E-state index is 12.0. The van der Waals surface area contributed by atoms with Gasteiger partial charge in [0.25, 0.3) is 0 Å². The Kier molecular flexibility index (Phi) is 5.05. The normalized spacial score (nSPS) is 26.3. The number of aliphatic hydroxyl groups excluding tert-OH is 1. The number of nitrogens with two attached hydrogens (primary N) is 1. The molecule has 1 fully saturated rings. The fourth-order valence-electron chi connectivity index (χ4n) is 2.17. The molecular formula is C11H22N2O2. The van der Waals surface area contributed by atoms with E-state index >= 15 is 0 Å². The van der Waals surface area contributed by atoms with Crippen LogP contribution in [0, 0.1) is 5.92 Å². The second kappa shape index (κ2) is 6.08. The molecule has 0 spiro atoms. The summed E-state index contributed by atoms with van der Waals surface area (Å²) < 4.78 is 0. The summed E-state index contributed by atoms with van der Waals surface area (Å²) in [4.78, 5) is 13.7. The first-order chi connectivity index (χ1) is 7.19. The SMILES string of the molecule is CCN(CCO)C(=O)C1CCC(N)CC1. The lowest BCUT2D eigenvalue weighted by Crippen LogP contribution is -2.40. The van der Waals surface area contributed by atoms with Gasteiger partial charge in [-0.15, -0.1) is 0 Å². The summed E-state index contributed by atoms with van der Waals surface area (Å²) in [5, 5.41) is 8.84. The fourth-order valence-corrected chi connectivity index (χ4v) is 2.17. The van der Waals surface area contributed by atoms with E-state index in [2.05, 4.69) is 0 Å². The molecule has 0 aromatic heterocycles. The molecule has 0 bridgehead atoms. The van der Waals surface area contributed by atoms with E-state index in [0.29, 0.717) is 13.1 Å². The van der Waals surface area contributed by atoms with Crippen molar-refractivity contribution in [3.8, 4) is 0 Å². The standard InChI is InChI=1S/C11H22N2O2/c1-2-13(7-8-14)11(15)9-3-5-10(12)6-4-9/h9-10,14H,2-8,12H2,1H3. The Hall–Kier alpha value is -0.610. The van der Waals surface area contributed by atoms with Gasteiger partial charge in [0.05, 0.1) is 6.61 Å². The molecule has 4 nitrogen and oxygen atoms in total. The maximum Gasteiger partial charge on any atom is 0.225 e. The summed E-state index contributed by atoms with van der Waals surface area (Å²) in [6.45, 7) is 3.13. The van der Waals surface area contributed by atoms with Crippen LogP contribution in [0.15, 0.2) is 0 Å². The lowest BCUT2D eigenvalue weighted by atomic mass is 9.85. The Morgan fingerprint density at radius 1 is 1.40 bits per heavy atom. The number of hydrogen-bond donors (Lipinski definition) is 2. The van der Waals surface area contributed by atoms with Gasteiger partial charge < -0.3 is 15.7 Å². The second-order valence-electron chi connectivity index (χ2n) is 4.25. The predicted molar refractivity (Wildman–Crippen MR) is 59.3 cm³/mol. The minimum atomic E-state index is 0.0474. The van der Waals surface area contributed by atoms with Crippen molar-refractivity contribution in [1.82, 2.24) is 4.90 Å². The Labute approximate surface area is 91.4 Å². The van der Waals surface area contributed by atoms with E-state index in [1.54, 1.807) is 4.90 Å². The van der Waals surface area contributed by atoms with Crippen LogP contribution in [-0.2, 0) is 4.79 Å². The fraction of sp³-hybridized carbons (Fsp3) is 0.909. The Morgan fingerprint density at radius 2 is 2.00 bits per heavy atom. The number of nitrogens with zero attached hydrogens (tertiary/aromatic N) is 1. The zero-order valence-corrected chi connectivity index (χ0v) is 9.48. The molecule has 88 valence electrons. The van der Waals surface area contributed by atoms with Gasteiger partial charge in [-0.2, -0.15) is 0 Å². The monoisotopic (exact) mass is 214 g/mol. The lowest BCUT2D eigenvalue weighted by molar-refractivity contribution is -0.136. The van der Waals surface area contributed by atoms with Crippen molar-refractivity contribution < 1.29 is 9.90 Å². The van der Waals surface area contributed by atoms with E-state index in [4.69, 9.17) is 10.8 Å². The molecule has 0 saturated heterocycles. The van der Waals surface area contributed by atoms with Crippen LogP contribution in [-0.4, -0.2) is 41.7 Å². The summed E-state index contributed by atoms with van der Waals surface area (Å²) in [5.74, 6) is 0.328. The predicted octanol–water partition coefficient (Wildman–Crippen LogP) is 0.345. The first kappa shape index (κ1) is 12.5. The molecule has 1 aliphatic rings. The lowest BCUT2D eigenvalue weighted by Gasteiger charge is -2.30. The highest BCUT2D eigenvalue weighted by atomic mass is 16.3. The molecule has 0 heterocycles. The minimum absolute atomic E-state index is 0.0474. The average molecular weight is 214 g/mol. The van der Waals surface area contributed by atoms with E-state index in [1.165, 1.54) is 0 Å². The van der Waals surface area contributed by atoms with Gasteiger partial charge in [0.1, 0.15) is 0 Å². The summed E-state index contributed by atoms with van der Waals surface area (Å²) >= 11 is 0. The number of hydrogen-bond acceptors (Lipinski definition) is 3. The molecular weight excluding hydrogens is 192 g/mol. The quantitative estimate of drug-likeness (QED) is 0.709. The average Bonchev–Trinajstić information content (AvgIpc) is 2.26. The molecule has 0 unspecified atom stereocenters. The number of likely N-dealkylation sites (N-methyl/N-ethyl adjacent to an activating group) is 1. The van der Waals surface area contributed by atoms with E-state index in [0.717, 1.165) is 25.7 Å². The van der Waals surface area contributed by atoms with Crippen molar-refractivity contribution >= 4 is 5.91 Å². The molecule has 1 rings (SSSR count). The van der Waals surface area contributed by atoms with Gasteiger partial charge in [0.2, 0.25) is 5.91 Å². The maximum absolute atomic E-state index is 12.0. The third-order valence-corrected chi connectivity index (χ3v) is 3.18. The number of carbonyl (C=O) groups is 1. The molecule has 3 N–H and O–H groups in total. The van der Waals surface area contributed by atoms with Gasteiger partial charge in [-0.25, -0.2) is 0 Å². The van der Waals surface area contributed by atoms with E-state index in [1.807, 2.05) is 6.92 Å². The number of rotatable bonds is 4. The molecule has 0 atom stereocenters. The highest BCUT2D eigenvalue weighted by Gasteiger charge is 2.27. The van der Waals surface area contributed by atoms with Crippen LogP contribution in [0.4, 0.5) is 0 Å². The Balaban J connectivity index is 2.44. The van der Waals surface area contributed by atoms with Gasteiger partial charge in [-0.1, -0.05) is 0 Å². The summed E-state index contributed by atoms with van der Waals surface area (Å²) in [6, 6.07) is 0.280. The van der Waals surface area contributed by atoms with E-state index in [-0.39, 0.29) is 24.5 Å². The highest BCUT2D eigenvalue weighted by Crippen LogP contribution is 2.24. The van der Waals surface area contributed by atoms with Crippen molar-refractivity contribution in [2.45, 2.75) is 38.6 Å². The smallest absolute Gasteiger partial charge is 0.225 e. The van der Waals surface area contributed by atoms with Crippen LogP contribution in [0.5, 0.6) is 0 Å². The van der Waals surface area contributed by atoms with Crippen LogP contribution in [0.3, 0.4) is 0 Å². The summed E-state index contributed by atoms with van der Waals surface area (Å²) in [6.07, 6.45) is 3.71. The molecule has 1 amide bonds. The largest absolute Gasteiger partial charge is 0.395 e. The first-order valence-corrected chi connectivity index (χ1v) is 5.84. The Bertz CT molecular complexity index is 201. The van der Waals surface area contributed by atoms with Crippen molar-refractivity contribution in [1.29, 1.82) is 0 Å². The summed E-state index contributed by atoms with van der Waals surface area (Å²) in [7, 11) is 0. The van der Waals surface area contributed by atoms with Gasteiger partial charge in [-0.3, -0.25) is 4.79 Å². The highest BCUT2D eigenvalue weighted by molar-refractivity contribution is 5.78. The topological polar surface area (TPSA) is 66.6 Å². The molecule has 0 aromatic rings. The van der Waals surface area contributed by atoms with Gasteiger partial charge in [0.15, 0.2) is 0 Å². The molecule has 1 aliphatic carbocycles. The molecule has 0 aromatic carbocycles. The second-order valence-corrected chi connectivity index (χ2v) is 4.25. The molecule has 4 heteroatoms. The van der Waals surface area contributed by atoms with Crippen LogP contribution >= 0.6 is 0 Å². The van der Waals surface area contributed by atoms with Crippen molar-refractivity contribution in [3.05, 3.63) is 0 Å². The van der Waals surface area contributed by atoms with Crippen molar-refractivity contribution in [2.75, 3.05) is 19.7 Å². The zero-order valence-electron chi connectivity index (χ0n) is 9.48. The van der Waals surface area contributed by atoms with Gasteiger partial charge >= 0.3 is 0 Å². The third kappa shape index (κ3) is 3.47. The molecule has 1 saturated carbocycles. The van der Waals surface area contributed by atoms with E-state index < -0.39 is 0 Å². The van der Waals surface area contributed by atoms with Crippen LogP contribution < -0.4 is 5.73 Å². The van der Waals surface area contributed by atoms with Crippen LogP contribution in [0.1, 0.15) is 32.6 Å². The molecule has 0 radical (unpaired) electrons. The van der Waals surface area contributed by atoms with Crippen molar-refractivity contribution in [2.24, 2.45) is 11.7 Å². The molecule has 15 heavy (non-hydrogen) atoms. The zero-order chi connectivity index (χ0) is 11.3. The first-order valence-electron chi connectivity index (χ1n) is 5.84. The number of aliphatic hydroxyl groups is 1. The Morgan fingerprint density at radius 3 is 2.47 bits per heavy atom. The van der Waals surface area contributed by atoms with Crippen LogP contribution in [0.2, 0.25) is 0 Å². The molecule has 0 aliphatic heterocycles. The third-order valence-electron chi connectivity index (χ3n) is 3.18.